The van der Waals surface area contributed by atoms with E-state index in [9.17, 15) is 13.2 Å². The average molecular weight is 464 g/mol. The largest absolute Gasteiger partial charge is 0.325 e. The van der Waals surface area contributed by atoms with E-state index in [4.69, 9.17) is 0 Å². The maximum absolute atomic E-state index is 12.9. The zero-order chi connectivity index (χ0) is 23.3. The molecule has 0 bridgehead atoms. The number of carbonyl (C=O) groups excluding carboxylic acids is 1. The molecule has 0 radical (unpaired) electrons. The van der Waals surface area contributed by atoms with Crippen LogP contribution in [-0.2, 0) is 14.8 Å². The lowest BCUT2D eigenvalue weighted by Gasteiger charge is -2.24. The predicted octanol–water partition coefficient (Wildman–Crippen LogP) is 4.18. The zero-order valence-electron chi connectivity index (χ0n) is 18.6. The Labute approximate surface area is 195 Å². The number of sulfonamides is 1. The second-order valence-corrected chi connectivity index (χ2v) is 10.2. The standard InChI is InChI=1S/C26H29N3O3S/c1-20(27-25(21-10-4-2-5-11-21)22-12-6-3-7-13-22)26(30)28-23-14-16-24(17-15-23)33(31,32)29-18-8-9-19-29/h2-7,10-17,20,25,27H,8-9,18-19H2,1H3,(H,28,30). The van der Waals surface area contributed by atoms with Crippen LogP contribution in [0.15, 0.2) is 89.8 Å². The van der Waals surface area contributed by atoms with Crippen molar-refractivity contribution in [2.24, 2.45) is 0 Å². The second kappa shape index (κ2) is 10.3. The number of rotatable bonds is 8. The van der Waals surface area contributed by atoms with Crippen LogP contribution in [0, 0.1) is 0 Å². The molecule has 1 atom stereocenters. The minimum absolute atomic E-state index is 0.138. The molecule has 7 heteroatoms. The quantitative estimate of drug-likeness (QED) is 0.525. The van der Waals surface area contributed by atoms with Crippen LogP contribution in [-0.4, -0.2) is 37.8 Å². The Balaban J connectivity index is 1.44. The number of anilines is 1. The van der Waals surface area contributed by atoms with Gasteiger partial charge in [0.15, 0.2) is 0 Å². The van der Waals surface area contributed by atoms with Gasteiger partial charge < -0.3 is 5.32 Å². The van der Waals surface area contributed by atoms with Crippen molar-refractivity contribution in [3.05, 3.63) is 96.1 Å². The molecule has 2 N–H and O–H groups in total. The minimum atomic E-state index is -3.47. The first kappa shape index (κ1) is 23.2. The number of hydrogen-bond donors (Lipinski definition) is 2. The molecule has 33 heavy (non-hydrogen) atoms. The summed E-state index contributed by atoms with van der Waals surface area (Å²) in [5, 5.41) is 6.32. The van der Waals surface area contributed by atoms with Gasteiger partial charge in [0.1, 0.15) is 0 Å². The van der Waals surface area contributed by atoms with Crippen LogP contribution in [0.2, 0.25) is 0 Å². The SMILES string of the molecule is CC(NC(c1ccccc1)c1ccccc1)C(=O)Nc1ccc(S(=O)(=O)N2CCCC2)cc1. The van der Waals surface area contributed by atoms with Crippen LogP contribution >= 0.6 is 0 Å². The van der Waals surface area contributed by atoms with Gasteiger partial charge in [-0.2, -0.15) is 4.31 Å². The summed E-state index contributed by atoms with van der Waals surface area (Å²) in [6, 6.07) is 25.8. The van der Waals surface area contributed by atoms with E-state index in [1.807, 2.05) is 67.6 Å². The van der Waals surface area contributed by atoms with Crippen molar-refractivity contribution >= 4 is 21.6 Å². The fourth-order valence-corrected chi connectivity index (χ4v) is 5.56. The lowest BCUT2D eigenvalue weighted by Crippen LogP contribution is -2.40. The summed E-state index contributed by atoms with van der Waals surface area (Å²) in [6.07, 6.45) is 1.79. The number of amides is 1. The highest BCUT2D eigenvalue weighted by Gasteiger charge is 2.27. The van der Waals surface area contributed by atoms with Crippen LogP contribution < -0.4 is 10.6 Å². The molecule has 3 aromatic rings. The van der Waals surface area contributed by atoms with E-state index in [1.54, 1.807) is 24.3 Å². The van der Waals surface area contributed by atoms with E-state index in [-0.39, 0.29) is 16.8 Å². The van der Waals surface area contributed by atoms with Gasteiger partial charge >= 0.3 is 0 Å². The van der Waals surface area contributed by atoms with Crippen molar-refractivity contribution in [2.45, 2.75) is 36.7 Å². The highest BCUT2D eigenvalue weighted by Crippen LogP contribution is 2.24. The fraction of sp³-hybridized carbons (Fsp3) is 0.269. The van der Waals surface area contributed by atoms with Gasteiger partial charge in [-0.3, -0.25) is 10.1 Å². The zero-order valence-corrected chi connectivity index (χ0v) is 19.5. The smallest absolute Gasteiger partial charge is 0.243 e. The van der Waals surface area contributed by atoms with E-state index in [0.717, 1.165) is 24.0 Å². The van der Waals surface area contributed by atoms with Crippen molar-refractivity contribution < 1.29 is 13.2 Å². The summed E-state index contributed by atoms with van der Waals surface area (Å²) >= 11 is 0. The minimum Gasteiger partial charge on any atom is -0.325 e. The first-order valence-corrected chi connectivity index (χ1v) is 12.7. The highest BCUT2D eigenvalue weighted by molar-refractivity contribution is 7.89. The molecule has 1 unspecified atom stereocenters. The fourth-order valence-electron chi connectivity index (χ4n) is 4.04. The highest BCUT2D eigenvalue weighted by atomic mass is 32.2. The van der Waals surface area contributed by atoms with E-state index in [2.05, 4.69) is 10.6 Å². The number of hydrogen-bond acceptors (Lipinski definition) is 4. The van der Waals surface area contributed by atoms with Gasteiger partial charge in [-0.1, -0.05) is 60.7 Å². The molecule has 0 saturated carbocycles. The van der Waals surface area contributed by atoms with Crippen molar-refractivity contribution in [1.82, 2.24) is 9.62 Å². The Hall–Kier alpha value is -3.00. The maximum Gasteiger partial charge on any atom is 0.243 e. The van der Waals surface area contributed by atoms with Crippen molar-refractivity contribution in [2.75, 3.05) is 18.4 Å². The van der Waals surface area contributed by atoms with Gasteiger partial charge in [0.05, 0.1) is 17.0 Å². The lowest BCUT2D eigenvalue weighted by atomic mass is 9.98. The van der Waals surface area contributed by atoms with Crippen molar-refractivity contribution in [3.8, 4) is 0 Å². The Morgan fingerprint density at radius 1 is 0.818 bits per heavy atom. The number of nitrogens with zero attached hydrogens (tertiary/aromatic N) is 1. The summed E-state index contributed by atoms with van der Waals surface area (Å²) in [5.41, 5.74) is 2.70. The van der Waals surface area contributed by atoms with Gasteiger partial charge in [0.2, 0.25) is 15.9 Å². The normalized spacial score (nSPS) is 15.5. The molecule has 1 amide bonds. The first-order chi connectivity index (χ1) is 15.9. The molecule has 0 spiro atoms. The van der Waals surface area contributed by atoms with E-state index in [0.29, 0.717) is 18.8 Å². The molecule has 172 valence electrons. The molecule has 3 aromatic carbocycles. The van der Waals surface area contributed by atoms with E-state index >= 15 is 0 Å². The third-order valence-corrected chi connectivity index (χ3v) is 7.81. The van der Waals surface area contributed by atoms with Crippen molar-refractivity contribution in [3.63, 3.8) is 0 Å². The third kappa shape index (κ3) is 5.50. The summed E-state index contributed by atoms with van der Waals surface area (Å²) in [7, 11) is -3.47. The molecular weight excluding hydrogens is 434 g/mol. The monoisotopic (exact) mass is 463 g/mol. The molecule has 1 aliphatic rings. The van der Waals surface area contributed by atoms with Crippen LogP contribution in [0.1, 0.15) is 36.9 Å². The second-order valence-electron chi connectivity index (χ2n) is 8.27. The molecule has 0 aliphatic carbocycles. The molecule has 4 rings (SSSR count). The van der Waals surface area contributed by atoms with E-state index < -0.39 is 16.1 Å². The van der Waals surface area contributed by atoms with Gasteiger partial charge in [0.25, 0.3) is 0 Å². The Morgan fingerprint density at radius 3 is 1.85 bits per heavy atom. The predicted molar refractivity (Wildman–Crippen MR) is 130 cm³/mol. The summed E-state index contributed by atoms with van der Waals surface area (Å²) in [4.78, 5) is 13.2. The van der Waals surface area contributed by atoms with Crippen molar-refractivity contribution in [1.29, 1.82) is 0 Å². The Bertz CT molecular complexity index is 1120. The molecule has 1 aliphatic heterocycles. The summed E-state index contributed by atoms with van der Waals surface area (Å²) in [6.45, 7) is 2.95. The first-order valence-electron chi connectivity index (χ1n) is 11.2. The molecule has 6 nitrogen and oxygen atoms in total. The number of nitrogens with one attached hydrogen (secondary N) is 2. The topological polar surface area (TPSA) is 78.5 Å². The molecule has 1 fully saturated rings. The van der Waals surface area contributed by atoms with Crippen LogP contribution in [0.25, 0.3) is 0 Å². The van der Waals surface area contributed by atoms with E-state index in [1.165, 1.54) is 4.31 Å². The molecule has 0 aromatic heterocycles. The summed E-state index contributed by atoms with van der Waals surface area (Å²) < 4.78 is 26.9. The van der Waals surface area contributed by atoms with Gasteiger partial charge in [-0.25, -0.2) is 8.42 Å². The van der Waals surface area contributed by atoms with Gasteiger partial charge in [-0.15, -0.1) is 0 Å². The third-order valence-electron chi connectivity index (χ3n) is 5.90. The van der Waals surface area contributed by atoms with Crippen LogP contribution in [0.5, 0.6) is 0 Å². The van der Waals surface area contributed by atoms with Gasteiger partial charge in [0, 0.05) is 18.8 Å². The molecule has 1 saturated heterocycles. The molecular formula is C26H29N3O3S. The lowest BCUT2D eigenvalue weighted by molar-refractivity contribution is -0.117. The maximum atomic E-state index is 12.9. The number of carbonyl (C=O) groups is 1. The Morgan fingerprint density at radius 2 is 1.33 bits per heavy atom. The molecule has 1 heterocycles. The van der Waals surface area contributed by atoms with Gasteiger partial charge in [-0.05, 0) is 55.2 Å². The average Bonchev–Trinajstić information content (AvgIpc) is 3.40. The number of benzene rings is 3. The van der Waals surface area contributed by atoms with Crippen LogP contribution in [0.4, 0.5) is 5.69 Å². The summed E-state index contributed by atoms with van der Waals surface area (Å²) in [5.74, 6) is -0.193. The van der Waals surface area contributed by atoms with Crippen LogP contribution in [0.3, 0.4) is 0 Å². The Kier molecular flexibility index (Phi) is 7.23.